The molecule has 1 aromatic rings. The molecule has 1 amide bonds. The highest BCUT2D eigenvalue weighted by Gasteiger charge is 2.17. The highest BCUT2D eigenvalue weighted by atomic mass is 32.2. The molecule has 0 atom stereocenters. The number of nitrogens with zero attached hydrogens (tertiary/aromatic N) is 2. The summed E-state index contributed by atoms with van der Waals surface area (Å²) in [6.07, 6.45) is 1.40. The van der Waals surface area contributed by atoms with Gasteiger partial charge in [0.05, 0.1) is 17.4 Å². The van der Waals surface area contributed by atoms with E-state index in [1.807, 2.05) is 19.9 Å². The zero-order valence-corrected chi connectivity index (χ0v) is 13.4. The molecular weight excluding hydrogens is 288 g/mol. The topological polar surface area (TPSA) is 78.2 Å². The summed E-state index contributed by atoms with van der Waals surface area (Å²) in [6, 6.07) is 7.92. The predicted molar refractivity (Wildman–Crippen MR) is 80.5 cm³/mol. The normalized spacial score (nSPS) is 11.2. The van der Waals surface area contributed by atoms with Crippen LogP contribution in [0.25, 0.3) is 0 Å². The second kappa shape index (κ2) is 7.23. The Hall–Kier alpha value is -1.87. The lowest BCUT2D eigenvalue weighted by Gasteiger charge is -2.23. The molecule has 0 saturated carbocycles. The lowest BCUT2D eigenvalue weighted by atomic mass is 10.1. The summed E-state index contributed by atoms with van der Waals surface area (Å²) >= 11 is 0. The maximum Gasteiger partial charge on any atom is 0.253 e. The summed E-state index contributed by atoms with van der Waals surface area (Å²) in [5.41, 5.74) is 0.431. The summed E-state index contributed by atoms with van der Waals surface area (Å²) < 4.78 is 22.8. The molecule has 114 valence electrons. The third kappa shape index (κ3) is 5.20. The predicted octanol–water partition coefficient (Wildman–Crippen LogP) is 2.10. The maximum atomic E-state index is 12.4. The van der Waals surface area contributed by atoms with Crippen LogP contribution in [-0.4, -0.2) is 38.6 Å². The van der Waals surface area contributed by atoms with Crippen molar-refractivity contribution >= 4 is 15.7 Å². The quantitative estimate of drug-likeness (QED) is 0.806. The Labute approximate surface area is 126 Å². The summed E-state index contributed by atoms with van der Waals surface area (Å²) in [4.78, 5) is 14.2. The highest BCUT2D eigenvalue weighted by molar-refractivity contribution is 7.90. The molecule has 0 saturated heterocycles. The maximum absolute atomic E-state index is 12.4. The Bertz CT molecular complexity index is 628. The molecule has 0 spiro atoms. The first-order valence-corrected chi connectivity index (χ1v) is 8.61. The Morgan fingerprint density at radius 2 is 1.86 bits per heavy atom. The van der Waals surface area contributed by atoms with Gasteiger partial charge in [-0.05, 0) is 30.2 Å². The molecule has 21 heavy (non-hydrogen) atoms. The van der Waals surface area contributed by atoms with Crippen LogP contribution in [0.1, 0.15) is 30.6 Å². The number of hydrogen-bond donors (Lipinski definition) is 0. The molecule has 1 rings (SSSR count). The van der Waals surface area contributed by atoms with Gasteiger partial charge in [-0.3, -0.25) is 4.79 Å². The van der Waals surface area contributed by atoms with Gasteiger partial charge in [0.1, 0.15) is 0 Å². The van der Waals surface area contributed by atoms with Gasteiger partial charge in [0.15, 0.2) is 9.84 Å². The van der Waals surface area contributed by atoms with Crippen LogP contribution in [0.3, 0.4) is 0 Å². The highest BCUT2D eigenvalue weighted by Crippen LogP contribution is 2.13. The van der Waals surface area contributed by atoms with Crippen LogP contribution in [0.5, 0.6) is 0 Å². The number of carbonyl (C=O) groups excluding carboxylic acids is 1. The van der Waals surface area contributed by atoms with Gasteiger partial charge >= 0.3 is 0 Å². The number of nitriles is 1. The Morgan fingerprint density at radius 1 is 1.29 bits per heavy atom. The molecule has 0 radical (unpaired) electrons. The van der Waals surface area contributed by atoms with E-state index in [-0.39, 0.29) is 17.2 Å². The van der Waals surface area contributed by atoms with E-state index >= 15 is 0 Å². The second-order valence-electron chi connectivity index (χ2n) is 5.35. The van der Waals surface area contributed by atoms with Crippen molar-refractivity contribution < 1.29 is 13.2 Å². The SMILES string of the molecule is CC(C)CN(CCC#N)C(=O)c1ccc(S(C)(=O)=O)cc1. The molecule has 0 bridgehead atoms. The van der Waals surface area contributed by atoms with Crippen LogP contribution in [-0.2, 0) is 9.84 Å². The van der Waals surface area contributed by atoms with E-state index in [2.05, 4.69) is 0 Å². The summed E-state index contributed by atoms with van der Waals surface area (Å²) in [6.45, 7) is 4.94. The van der Waals surface area contributed by atoms with E-state index in [0.29, 0.717) is 24.6 Å². The van der Waals surface area contributed by atoms with Crippen molar-refractivity contribution in [2.24, 2.45) is 5.92 Å². The van der Waals surface area contributed by atoms with Gasteiger partial charge in [0.2, 0.25) is 0 Å². The van der Waals surface area contributed by atoms with Crippen LogP contribution in [0.15, 0.2) is 29.2 Å². The minimum atomic E-state index is -3.27. The molecule has 6 heteroatoms. The van der Waals surface area contributed by atoms with Crippen LogP contribution in [0.2, 0.25) is 0 Å². The fourth-order valence-corrected chi connectivity index (χ4v) is 2.56. The lowest BCUT2D eigenvalue weighted by Crippen LogP contribution is -2.35. The molecule has 0 fully saturated rings. The first-order chi connectivity index (χ1) is 9.75. The van der Waals surface area contributed by atoms with E-state index < -0.39 is 9.84 Å². The third-order valence-electron chi connectivity index (χ3n) is 2.90. The van der Waals surface area contributed by atoms with Crippen molar-refractivity contribution in [2.75, 3.05) is 19.3 Å². The molecule has 0 aliphatic carbocycles. The van der Waals surface area contributed by atoms with Crippen LogP contribution >= 0.6 is 0 Å². The summed E-state index contributed by atoms with van der Waals surface area (Å²) in [7, 11) is -3.27. The smallest absolute Gasteiger partial charge is 0.253 e. The number of rotatable bonds is 6. The third-order valence-corrected chi connectivity index (χ3v) is 4.02. The molecule has 0 aromatic heterocycles. The molecule has 5 nitrogen and oxygen atoms in total. The fraction of sp³-hybridized carbons (Fsp3) is 0.467. The first-order valence-electron chi connectivity index (χ1n) is 6.72. The van der Waals surface area contributed by atoms with Crippen LogP contribution in [0, 0.1) is 17.2 Å². The van der Waals surface area contributed by atoms with E-state index in [1.165, 1.54) is 24.3 Å². The molecule has 0 unspecified atom stereocenters. The first kappa shape index (κ1) is 17.2. The van der Waals surface area contributed by atoms with Crippen molar-refractivity contribution in [3.63, 3.8) is 0 Å². The van der Waals surface area contributed by atoms with Gasteiger partial charge in [-0.2, -0.15) is 5.26 Å². The molecule has 1 aromatic carbocycles. The van der Waals surface area contributed by atoms with Crippen LogP contribution in [0.4, 0.5) is 0 Å². The van der Waals surface area contributed by atoms with Gasteiger partial charge in [-0.1, -0.05) is 13.8 Å². The number of amides is 1. The molecule has 0 heterocycles. The van der Waals surface area contributed by atoms with Gasteiger partial charge in [-0.15, -0.1) is 0 Å². The van der Waals surface area contributed by atoms with Crippen molar-refractivity contribution in [2.45, 2.75) is 25.2 Å². The molecular formula is C15H20N2O3S. The van der Waals surface area contributed by atoms with Gasteiger partial charge in [0.25, 0.3) is 5.91 Å². The molecule has 0 aliphatic heterocycles. The largest absolute Gasteiger partial charge is 0.337 e. The Kier molecular flexibility index (Phi) is 5.91. The summed E-state index contributed by atoms with van der Waals surface area (Å²) in [5.74, 6) is 0.113. The van der Waals surface area contributed by atoms with Gasteiger partial charge in [-0.25, -0.2) is 8.42 Å². The number of carbonyl (C=O) groups is 1. The Balaban J connectivity index is 2.95. The minimum Gasteiger partial charge on any atom is -0.337 e. The van der Waals surface area contributed by atoms with Crippen molar-refractivity contribution in [1.82, 2.24) is 4.90 Å². The molecule has 0 N–H and O–H groups in total. The fourth-order valence-electron chi connectivity index (χ4n) is 1.93. The van der Waals surface area contributed by atoms with Crippen LogP contribution < -0.4 is 0 Å². The average Bonchev–Trinajstić information content (AvgIpc) is 2.41. The molecule has 0 aliphatic rings. The Morgan fingerprint density at radius 3 is 2.29 bits per heavy atom. The van der Waals surface area contributed by atoms with E-state index in [1.54, 1.807) is 4.90 Å². The van der Waals surface area contributed by atoms with Crippen molar-refractivity contribution in [3.05, 3.63) is 29.8 Å². The van der Waals surface area contributed by atoms with Gasteiger partial charge < -0.3 is 4.90 Å². The minimum absolute atomic E-state index is 0.181. The standard InChI is InChI=1S/C15H20N2O3S/c1-12(2)11-17(10-4-9-16)15(18)13-5-7-14(8-6-13)21(3,19)20/h5-8,12H,4,10-11H2,1-3H3. The van der Waals surface area contributed by atoms with Gasteiger partial charge in [0, 0.05) is 24.9 Å². The van der Waals surface area contributed by atoms with Crippen molar-refractivity contribution in [1.29, 1.82) is 5.26 Å². The zero-order chi connectivity index (χ0) is 16.0. The van der Waals surface area contributed by atoms with Crippen molar-refractivity contribution in [3.8, 4) is 6.07 Å². The number of benzene rings is 1. The zero-order valence-electron chi connectivity index (χ0n) is 12.5. The summed E-state index contributed by atoms with van der Waals surface area (Å²) in [5, 5.41) is 8.67. The average molecular weight is 308 g/mol. The van der Waals surface area contributed by atoms with E-state index in [0.717, 1.165) is 6.26 Å². The number of sulfone groups is 1. The lowest BCUT2D eigenvalue weighted by molar-refractivity contribution is 0.0740. The monoisotopic (exact) mass is 308 g/mol. The van der Waals surface area contributed by atoms with E-state index in [9.17, 15) is 13.2 Å². The van der Waals surface area contributed by atoms with E-state index in [4.69, 9.17) is 5.26 Å². The number of hydrogen-bond acceptors (Lipinski definition) is 4. The second-order valence-corrected chi connectivity index (χ2v) is 7.37.